The van der Waals surface area contributed by atoms with Crippen molar-refractivity contribution in [3.05, 3.63) is 23.8 Å². The molecule has 130 valence electrons. The molecule has 1 N–H and O–H groups in total. The number of hydrogen-bond acceptors (Lipinski definition) is 3. The van der Waals surface area contributed by atoms with E-state index < -0.39 is 24.8 Å². The summed E-state index contributed by atoms with van der Waals surface area (Å²) in [6.07, 6.45) is -5.71. The number of benzene rings is 1. The fourth-order valence-electron chi connectivity index (χ4n) is 1.80. The van der Waals surface area contributed by atoms with Crippen molar-refractivity contribution in [2.45, 2.75) is 45.4 Å². The summed E-state index contributed by atoms with van der Waals surface area (Å²) < 4.78 is 46.1. The maximum absolute atomic E-state index is 12.1. The molecule has 1 amide bonds. The Morgan fingerprint density at radius 2 is 1.87 bits per heavy atom. The van der Waals surface area contributed by atoms with Crippen LogP contribution in [0.15, 0.2) is 18.2 Å². The van der Waals surface area contributed by atoms with Crippen LogP contribution in [0.25, 0.3) is 0 Å². The number of carbonyl (C=O) groups is 1. The average molecular weight is 333 g/mol. The van der Waals surface area contributed by atoms with Crippen LogP contribution in [0.4, 0.5) is 18.9 Å². The molecule has 0 radical (unpaired) electrons. The predicted molar refractivity (Wildman–Crippen MR) is 81.8 cm³/mol. The van der Waals surface area contributed by atoms with Crippen molar-refractivity contribution in [3.63, 3.8) is 0 Å². The zero-order valence-electron chi connectivity index (χ0n) is 13.9. The number of ether oxygens (including phenoxy) is 2. The topological polar surface area (TPSA) is 47.6 Å². The summed E-state index contributed by atoms with van der Waals surface area (Å²) >= 11 is 0. The van der Waals surface area contributed by atoms with Crippen LogP contribution in [0, 0.1) is 0 Å². The molecule has 0 aliphatic rings. The van der Waals surface area contributed by atoms with Gasteiger partial charge in [0.2, 0.25) is 0 Å². The molecule has 0 spiro atoms. The van der Waals surface area contributed by atoms with Crippen molar-refractivity contribution >= 4 is 11.6 Å². The van der Waals surface area contributed by atoms with E-state index >= 15 is 0 Å². The molecule has 1 unspecified atom stereocenters. The highest BCUT2D eigenvalue weighted by atomic mass is 19.4. The lowest BCUT2D eigenvalue weighted by Crippen LogP contribution is -2.31. The minimum atomic E-state index is -4.47. The molecular weight excluding hydrogens is 311 g/mol. The first-order valence-electron chi connectivity index (χ1n) is 7.12. The summed E-state index contributed by atoms with van der Waals surface area (Å²) in [5, 5.41) is 2.55. The lowest BCUT2D eigenvalue weighted by Gasteiger charge is -2.22. The van der Waals surface area contributed by atoms with Crippen molar-refractivity contribution in [2.24, 2.45) is 0 Å². The normalized spacial score (nSPS) is 13.6. The van der Waals surface area contributed by atoms with Crippen LogP contribution in [-0.4, -0.2) is 31.9 Å². The first kappa shape index (κ1) is 19.3. The van der Waals surface area contributed by atoms with Crippen LogP contribution in [0.2, 0.25) is 0 Å². The Balaban J connectivity index is 2.88. The van der Waals surface area contributed by atoms with Crippen LogP contribution >= 0.6 is 0 Å². The highest BCUT2D eigenvalue weighted by Gasteiger charge is 2.30. The smallest absolute Gasteiger partial charge is 0.411 e. The van der Waals surface area contributed by atoms with E-state index in [0.29, 0.717) is 11.4 Å². The van der Waals surface area contributed by atoms with Gasteiger partial charge in [0, 0.05) is 0 Å². The summed E-state index contributed by atoms with van der Waals surface area (Å²) in [4.78, 5) is 12.0. The van der Waals surface area contributed by atoms with E-state index in [1.54, 1.807) is 12.1 Å². The largest absolute Gasteiger partial charge is 0.495 e. The molecule has 4 nitrogen and oxygen atoms in total. The number of anilines is 1. The van der Waals surface area contributed by atoms with E-state index in [1.165, 1.54) is 14.0 Å². The maximum atomic E-state index is 12.1. The number of methoxy groups -OCH3 is 1. The van der Waals surface area contributed by atoms with E-state index in [2.05, 4.69) is 10.1 Å². The number of halogens is 3. The Morgan fingerprint density at radius 1 is 1.26 bits per heavy atom. The van der Waals surface area contributed by atoms with Crippen molar-refractivity contribution in [1.82, 2.24) is 0 Å². The van der Waals surface area contributed by atoms with Crippen molar-refractivity contribution in [3.8, 4) is 5.75 Å². The lowest BCUT2D eigenvalue weighted by molar-refractivity contribution is -0.184. The van der Waals surface area contributed by atoms with Gasteiger partial charge in [0.25, 0.3) is 5.91 Å². The quantitative estimate of drug-likeness (QED) is 0.889. The zero-order chi connectivity index (χ0) is 17.8. The van der Waals surface area contributed by atoms with E-state index in [9.17, 15) is 18.0 Å². The molecule has 1 atom stereocenters. The number of alkyl halides is 3. The summed E-state index contributed by atoms with van der Waals surface area (Å²) in [5.41, 5.74) is 1.20. The zero-order valence-corrected chi connectivity index (χ0v) is 13.9. The van der Waals surface area contributed by atoms with Crippen molar-refractivity contribution in [1.29, 1.82) is 0 Å². The Hall–Kier alpha value is -1.76. The molecule has 1 aromatic carbocycles. The Labute approximate surface area is 134 Å². The van der Waals surface area contributed by atoms with Crippen LogP contribution in [0.3, 0.4) is 0 Å². The second kappa shape index (κ2) is 7.21. The van der Waals surface area contributed by atoms with Gasteiger partial charge >= 0.3 is 6.18 Å². The molecule has 23 heavy (non-hydrogen) atoms. The monoisotopic (exact) mass is 333 g/mol. The molecule has 0 aliphatic carbocycles. The number of carbonyl (C=O) groups excluding carboxylic acids is 1. The van der Waals surface area contributed by atoms with Gasteiger partial charge < -0.3 is 14.8 Å². The van der Waals surface area contributed by atoms with Gasteiger partial charge in [-0.2, -0.15) is 13.2 Å². The number of hydrogen-bond donors (Lipinski definition) is 1. The van der Waals surface area contributed by atoms with Gasteiger partial charge in [0.15, 0.2) is 0 Å². The maximum Gasteiger partial charge on any atom is 0.411 e. The van der Waals surface area contributed by atoms with Gasteiger partial charge in [-0.1, -0.05) is 26.8 Å². The third-order valence-electron chi connectivity index (χ3n) is 3.19. The van der Waals surface area contributed by atoms with Gasteiger partial charge in [-0.15, -0.1) is 0 Å². The molecule has 1 aromatic rings. The van der Waals surface area contributed by atoms with Crippen LogP contribution in [0.1, 0.15) is 33.3 Å². The first-order chi connectivity index (χ1) is 10.4. The summed E-state index contributed by atoms with van der Waals surface area (Å²) in [6.45, 7) is 5.82. The molecule has 0 aromatic heterocycles. The molecule has 0 bridgehead atoms. The van der Waals surface area contributed by atoms with Gasteiger partial charge in [-0.05, 0) is 30.0 Å². The highest BCUT2D eigenvalue weighted by Crippen LogP contribution is 2.31. The number of rotatable bonds is 5. The van der Waals surface area contributed by atoms with Gasteiger partial charge in [0.05, 0.1) is 12.8 Å². The predicted octanol–water partition coefficient (Wildman–Crippen LogP) is 3.90. The molecule has 7 heteroatoms. The van der Waals surface area contributed by atoms with Crippen molar-refractivity contribution in [2.75, 3.05) is 19.0 Å². The Kier molecular flexibility index (Phi) is 6.04. The minimum absolute atomic E-state index is 0.149. The second-order valence-electron chi connectivity index (χ2n) is 6.22. The summed E-state index contributed by atoms with van der Waals surface area (Å²) in [7, 11) is 1.45. The SMILES string of the molecule is COc1ccc(C(C)(C)C)cc1NC(=O)C(C)OCC(F)(F)F. The fourth-order valence-corrected chi connectivity index (χ4v) is 1.80. The molecule has 0 saturated heterocycles. The minimum Gasteiger partial charge on any atom is -0.495 e. The third kappa shape index (κ3) is 6.09. The summed E-state index contributed by atoms with van der Waals surface area (Å²) in [5.74, 6) is -0.243. The molecule has 0 heterocycles. The third-order valence-corrected chi connectivity index (χ3v) is 3.19. The fraction of sp³-hybridized carbons (Fsp3) is 0.562. The Bertz CT molecular complexity index is 550. The molecular formula is C16H22F3NO3. The van der Waals surface area contributed by atoms with Crippen molar-refractivity contribution < 1.29 is 27.4 Å². The second-order valence-corrected chi connectivity index (χ2v) is 6.22. The van der Waals surface area contributed by atoms with Crippen LogP contribution in [0.5, 0.6) is 5.75 Å². The average Bonchev–Trinajstić information content (AvgIpc) is 2.42. The van der Waals surface area contributed by atoms with E-state index in [-0.39, 0.29) is 5.41 Å². The number of amides is 1. The Morgan fingerprint density at radius 3 is 2.35 bits per heavy atom. The van der Waals surface area contributed by atoms with Crippen LogP contribution in [-0.2, 0) is 14.9 Å². The van der Waals surface area contributed by atoms with E-state index in [4.69, 9.17) is 4.74 Å². The summed E-state index contributed by atoms with van der Waals surface area (Å²) in [6, 6.07) is 5.32. The van der Waals surface area contributed by atoms with E-state index in [1.807, 2.05) is 26.8 Å². The van der Waals surface area contributed by atoms with Crippen LogP contribution < -0.4 is 10.1 Å². The number of nitrogens with one attached hydrogen (secondary N) is 1. The van der Waals surface area contributed by atoms with Gasteiger partial charge in [-0.25, -0.2) is 0 Å². The van der Waals surface area contributed by atoms with Gasteiger partial charge in [0.1, 0.15) is 18.5 Å². The van der Waals surface area contributed by atoms with Gasteiger partial charge in [-0.3, -0.25) is 4.79 Å². The highest BCUT2D eigenvalue weighted by molar-refractivity contribution is 5.95. The standard InChI is InChI=1S/C16H22F3NO3/c1-10(23-9-16(17,18)19)14(21)20-12-8-11(15(2,3)4)6-7-13(12)22-5/h6-8,10H,9H2,1-5H3,(H,20,21). The molecule has 0 aliphatic heterocycles. The molecule has 1 rings (SSSR count). The lowest BCUT2D eigenvalue weighted by atomic mass is 9.87. The van der Waals surface area contributed by atoms with E-state index in [0.717, 1.165) is 5.56 Å². The molecule has 0 fully saturated rings. The molecule has 0 saturated carbocycles. The first-order valence-corrected chi connectivity index (χ1v) is 7.12.